The van der Waals surface area contributed by atoms with E-state index in [1.807, 2.05) is 35.7 Å². The first-order chi connectivity index (χ1) is 10.6. The van der Waals surface area contributed by atoms with Gasteiger partial charge in [0.15, 0.2) is 0 Å². The van der Waals surface area contributed by atoms with Gasteiger partial charge in [0.1, 0.15) is 5.01 Å². The molecule has 0 bridgehead atoms. The topological polar surface area (TPSA) is 74.2 Å². The van der Waals surface area contributed by atoms with Crippen LogP contribution < -0.4 is 10.6 Å². The van der Waals surface area contributed by atoms with Gasteiger partial charge in [-0.1, -0.05) is 30.3 Å². The number of thiazole rings is 1. The number of carbonyl (C=O) groups is 1. The Bertz CT molecular complexity index is 638. The monoisotopic (exact) mass is 317 g/mol. The van der Waals surface area contributed by atoms with Crippen molar-refractivity contribution in [3.8, 4) is 10.6 Å². The average molecular weight is 317 g/mol. The van der Waals surface area contributed by atoms with Crippen LogP contribution in [0.15, 0.2) is 35.7 Å². The smallest absolute Gasteiger partial charge is 0.315 e. The van der Waals surface area contributed by atoms with Gasteiger partial charge in [0.25, 0.3) is 0 Å². The van der Waals surface area contributed by atoms with Crippen molar-refractivity contribution in [1.82, 2.24) is 15.6 Å². The lowest BCUT2D eigenvalue weighted by Crippen LogP contribution is -2.49. The van der Waals surface area contributed by atoms with E-state index < -0.39 is 5.60 Å². The highest BCUT2D eigenvalue weighted by atomic mass is 32.1. The Kier molecular flexibility index (Phi) is 4.40. The maximum absolute atomic E-state index is 11.7. The molecule has 116 valence electrons. The molecule has 1 heterocycles. The van der Waals surface area contributed by atoms with Gasteiger partial charge in [0.2, 0.25) is 0 Å². The molecule has 1 aliphatic carbocycles. The van der Waals surface area contributed by atoms with E-state index in [0.29, 0.717) is 13.1 Å². The molecular weight excluding hydrogens is 298 g/mol. The summed E-state index contributed by atoms with van der Waals surface area (Å²) >= 11 is 1.56. The summed E-state index contributed by atoms with van der Waals surface area (Å²) in [5, 5.41) is 18.3. The van der Waals surface area contributed by atoms with Gasteiger partial charge in [-0.15, -0.1) is 11.3 Å². The molecule has 22 heavy (non-hydrogen) atoms. The van der Waals surface area contributed by atoms with Gasteiger partial charge in [-0.25, -0.2) is 9.78 Å². The molecule has 0 atom stereocenters. The maximum atomic E-state index is 11.7. The van der Waals surface area contributed by atoms with Crippen LogP contribution in [0.4, 0.5) is 4.79 Å². The number of aliphatic hydroxyl groups is 1. The van der Waals surface area contributed by atoms with Crippen molar-refractivity contribution in [2.75, 3.05) is 6.54 Å². The number of urea groups is 1. The fraction of sp³-hybridized carbons (Fsp3) is 0.375. The molecule has 0 aliphatic heterocycles. The Labute approximate surface area is 133 Å². The molecule has 2 amide bonds. The number of nitrogens with one attached hydrogen (secondary N) is 2. The predicted molar refractivity (Wildman–Crippen MR) is 86.6 cm³/mol. The molecule has 0 saturated heterocycles. The number of amides is 2. The molecule has 1 aromatic carbocycles. The molecule has 0 unspecified atom stereocenters. The number of nitrogens with zero attached hydrogens (tertiary/aromatic N) is 1. The van der Waals surface area contributed by atoms with Crippen molar-refractivity contribution in [1.29, 1.82) is 0 Å². The Hall–Kier alpha value is -1.92. The molecule has 0 radical (unpaired) electrons. The molecule has 6 heteroatoms. The minimum atomic E-state index is -0.696. The van der Waals surface area contributed by atoms with Crippen molar-refractivity contribution in [3.05, 3.63) is 41.4 Å². The van der Waals surface area contributed by atoms with Crippen molar-refractivity contribution < 1.29 is 9.90 Å². The molecule has 3 rings (SSSR count). The van der Waals surface area contributed by atoms with Crippen molar-refractivity contribution in [2.24, 2.45) is 0 Å². The summed E-state index contributed by atoms with van der Waals surface area (Å²) in [4.78, 5) is 16.2. The van der Waals surface area contributed by atoms with Gasteiger partial charge in [0.05, 0.1) is 17.8 Å². The van der Waals surface area contributed by atoms with Gasteiger partial charge in [-0.05, 0) is 19.3 Å². The van der Waals surface area contributed by atoms with E-state index in [2.05, 4.69) is 15.6 Å². The van der Waals surface area contributed by atoms with E-state index in [9.17, 15) is 9.90 Å². The SMILES string of the molecule is O=C(NCc1csc(-c2ccccc2)n1)NCC1(O)CCC1. The molecular formula is C16H19N3O2S. The lowest BCUT2D eigenvalue weighted by atomic mass is 9.80. The third-order valence-corrected chi connectivity index (χ3v) is 4.80. The molecule has 1 fully saturated rings. The number of rotatable bonds is 5. The van der Waals surface area contributed by atoms with E-state index in [-0.39, 0.29) is 6.03 Å². The fourth-order valence-corrected chi connectivity index (χ4v) is 3.17. The highest BCUT2D eigenvalue weighted by Gasteiger charge is 2.34. The Balaban J connectivity index is 1.47. The summed E-state index contributed by atoms with van der Waals surface area (Å²) in [6, 6.07) is 9.69. The van der Waals surface area contributed by atoms with Crippen molar-refractivity contribution >= 4 is 17.4 Å². The summed E-state index contributed by atoms with van der Waals surface area (Å²) < 4.78 is 0. The second kappa shape index (κ2) is 6.46. The number of hydrogen-bond donors (Lipinski definition) is 3. The van der Waals surface area contributed by atoms with Crippen LogP contribution in [0, 0.1) is 0 Å². The fourth-order valence-electron chi connectivity index (χ4n) is 2.34. The highest BCUT2D eigenvalue weighted by Crippen LogP contribution is 2.30. The molecule has 2 aromatic rings. The summed E-state index contributed by atoms with van der Waals surface area (Å²) in [7, 11) is 0. The quantitative estimate of drug-likeness (QED) is 0.793. The van der Waals surface area contributed by atoms with E-state index in [4.69, 9.17) is 0 Å². The lowest BCUT2D eigenvalue weighted by molar-refractivity contribution is -0.0290. The second-order valence-electron chi connectivity index (χ2n) is 5.62. The van der Waals surface area contributed by atoms with E-state index in [1.54, 1.807) is 11.3 Å². The van der Waals surface area contributed by atoms with Crippen LogP contribution >= 0.6 is 11.3 Å². The van der Waals surface area contributed by atoms with Crippen LogP contribution in [0.2, 0.25) is 0 Å². The summed E-state index contributed by atoms with van der Waals surface area (Å²) in [6.45, 7) is 0.693. The standard InChI is InChI=1S/C16H19N3O2S/c20-15(18-11-16(21)7-4-8-16)17-9-13-10-22-14(19-13)12-5-2-1-3-6-12/h1-3,5-6,10,21H,4,7-9,11H2,(H2,17,18,20). The largest absolute Gasteiger partial charge is 0.388 e. The normalized spacial score (nSPS) is 15.9. The van der Waals surface area contributed by atoms with Gasteiger partial charge in [-0.2, -0.15) is 0 Å². The Morgan fingerprint density at radius 2 is 2.05 bits per heavy atom. The second-order valence-corrected chi connectivity index (χ2v) is 6.48. The first kappa shape index (κ1) is 15.0. The first-order valence-electron chi connectivity index (χ1n) is 7.39. The zero-order valence-electron chi connectivity index (χ0n) is 12.2. The number of hydrogen-bond acceptors (Lipinski definition) is 4. The average Bonchev–Trinajstić information content (AvgIpc) is 2.99. The van der Waals surface area contributed by atoms with Gasteiger partial charge >= 0.3 is 6.03 Å². The Morgan fingerprint density at radius 1 is 1.27 bits per heavy atom. The van der Waals surface area contributed by atoms with E-state index in [0.717, 1.165) is 35.5 Å². The molecule has 1 aliphatic rings. The molecule has 5 nitrogen and oxygen atoms in total. The van der Waals surface area contributed by atoms with Gasteiger partial charge in [0, 0.05) is 17.5 Å². The van der Waals surface area contributed by atoms with E-state index in [1.165, 1.54) is 0 Å². The first-order valence-corrected chi connectivity index (χ1v) is 8.27. The number of aromatic nitrogens is 1. The van der Waals surface area contributed by atoms with Gasteiger partial charge in [-0.3, -0.25) is 0 Å². The minimum Gasteiger partial charge on any atom is -0.388 e. The van der Waals surface area contributed by atoms with Crippen LogP contribution in [0.25, 0.3) is 10.6 Å². The van der Waals surface area contributed by atoms with E-state index >= 15 is 0 Å². The number of benzene rings is 1. The number of carbonyl (C=O) groups excluding carboxylic acids is 1. The van der Waals surface area contributed by atoms with Crippen molar-refractivity contribution in [2.45, 2.75) is 31.4 Å². The highest BCUT2D eigenvalue weighted by molar-refractivity contribution is 7.13. The Morgan fingerprint density at radius 3 is 2.73 bits per heavy atom. The van der Waals surface area contributed by atoms with Crippen LogP contribution in [0.5, 0.6) is 0 Å². The van der Waals surface area contributed by atoms with Crippen LogP contribution in [-0.4, -0.2) is 28.3 Å². The third kappa shape index (κ3) is 3.64. The molecule has 1 saturated carbocycles. The van der Waals surface area contributed by atoms with Gasteiger partial charge < -0.3 is 15.7 Å². The zero-order chi connectivity index (χ0) is 15.4. The van der Waals surface area contributed by atoms with Crippen LogP contribution in [-0.2, 0) is 6.54 Å². The zero-order valence-corrected chi connectivity index (χ0v) is 13.0. The molecule has 1 aromatic heterocycles. The van der Waals surface area contributed by atoms with Crippen LogP contribution in [0.1, 0.15) is 25.0 Å². The predicted octanol–water partition coefficient (Wildman–Crippen LogP) is 2.52. The molecule has 3 N–H and O–H groups in total. The lowest BCUT2D eigenvalue weighted by Gasteiger charge is -2.36. The summed E-state index contributed by atoms with van der Waals surface area (Å²) in [5.74, 6) is 0. The minimum absolute atomic E-state index is 0.269. The maximum Gasteiger partial charge on any atom is 0.315 e. The van der Waals surface area contributed by atoms with Crippen LogP contribution in [0.3, 0.4) is 0 Å². The molecule has 0 spiro atoms. The summed E-state index contributed by atoms with van der Waals surface area (Å²) in [6.07, 6.45) is 2.56. The third-order valence-electron chi connectivity index (χ3n) is 3.86. The summed E-state index contributed by atoms with van der Waals surface area (Å²) in [5.41, 5.74) is 1.22. The van der Waals surface area contributed by atoms with Crippen molar-refractivity contribution in [3.63, 3.8) is 0 Å².